The summed E-state index contributed by atoms with van der Waals surface area (Å²) in [4.78, 5) is 34.7. The summed E-state index contributed by atoms with van der Waals surface area (Å²) in [7, 11) is 1.46. The second kappa shape index (κ2) is 7.85. The molecule has 0 heterocycles. The van der Waals surface area contributed by atoms with Crippen LogP contribution in [0.5, 0.6) is 0 Å². The zero-order chi connectivity index (χ0) is 15.8. The van der Waals surface area contributed by atoms with Gasteiger partial charge in [0.05, 0.1) is 6.61 Å². The summed E-state index contributed by atoms with van der Waals surface area (Å²) >= 11 is 0. The molecule has 0 unspecified atom stereocenters. The minimum Gasteiger partial charge on any atom is -0.480 e. The van der Waals surface area contributed by atoms with Crippen molar-refractivity contribution in [2.24, 2.45) is 5.73 Å². The van der Waals surface area contributed by atoms with Gasteiger partial charge in [0.1, 0.15) is 6.54 Å². The third kappa shape index (κ3) is 5.49. The predicted molar refractivity (Wildman–Crippen MR) is 75.1 cm³/mol. The van der Waals surface area contributed by atoms with Gasteiger partial charge in [-0.15, -0.1) is 0 Å². The van der Waals surface area contributed by atoms with E-state index in [1.807, 2.05) is 0 Å². The average Bonchev–Trinajstić information content (AvgIpc) is 2.43. The largest absolute Gasteiger partial charge is 0.480 e. The Balaban J connectivity index is 2.70. The predicted octanol–water partition coefficient (Wildman–Crippen LogP) is 0.350. The maximum Gasteiger partial charge on any atom is 0.323 e. The number of primary amides is 1. The van der Waals surface area contributed by atoms with Crippen LogP contribution >= 0.6 is 0 Å². The molecule has 0 atom stereocenters. The molecule has 4 N–H and O–H groups in total. The molecule has 0 aliphatic heterocycles. The van der Waals surface area contributed by atoms with Crippen LogP contribution in [0, 0.1) is 0 Å². The molecule has 0 aliphatic rings. The van der Waals surface area contributed by atoms with Crippen molar-refractivity contribution in [2.45, 2.75) is 0 Å². The second-order valence-corrected chi connectivity index (χ2v) is 4.18. The standard InChI is InChI=1S/C13H17N3O5/c1-21-7-6-16(8-11(17)18)13(20)15-10-4-2-9(3-5-10)12(14)19/h2-5H,6-8H2,1H3,(H2,14,19)(H,15,20)(H,17,18). The van der Waals surface area contributed by atoms with E-state index in [1.54, 1.807) is 0 Å². The highest BCUT2D eigenvalue weighted by atomic mass is 16.5. The molecule has 0 bridgehead atoms. The Morgan fingerprint density at radius 3 is 2.38 bits per heavy atom. The van der Waals surface area contributed by atoms with Crippen molar-refractivity contribution in [1.29, 1.82) is 0 Å². The molecule has 8 nitrogen and oxygen atoms in total. The van der Waals surface area contributed by atoms with Crippen LogP contribution in [0.4, 0.5) is 10.5 Å². The molecule has 0 fully saturated rings. The van der Waals surface area contributed by atoms with Crippen molar-refractivity contribution < 1.29 is 24.2 Å². The molecule has 8 heteroatoms. The lowest BCUT2D eigenvalue weighted by molar-refractivity contribution is -0.137. The van der Waals surface area contributed by atoms with Gasteiger partial charge in [-0.1, -0.05) is 0 Å². The van der Waals surface area contributed by atoms with Crippen LogP contribution in [0.25, 0.3) is 0 Å². The first-order valence-corrected chi connectivity index (χ1v) is 6.10. The van der Waals surface area contributed by atoms with Crippen LogP contribution in [0.3, 0.4) is 0 Å². The molecule has 0 saturated carbocycles. The van der Waals surface area contributed by atoms with E-state index < -0.39 is 24.5 Å². The maximum absolute atomic E-state index is 12.0. The molecule has 1 aromatic rings. The fraction of sp³-hybridized carbons (Fsp3) is 0.308. The van der Waals surface area contributed by atoms with Gasteiger partial charge in [-0.25, -0.2) is 4.79 Å². The monoisotopic (exact) mass is 295 g/mol. The number of hydrogen-bond acceptors (Lipinski definition) is 4. The molecule has 3 amide bonds. The van der Waals surface area contributed by atoms with Crippen LogP contribution in [-0.4, -0.2) is 54.7 Å². The number of ether oxygens (including phenoxy) is 1. The van der Waals surface area contributed by atoms with Gasteiger partial charge in [-0.05, 0) is 24.3 Å². The molecule has 21 heavy (non-hydrogen) atoms. The first-order chi connectivity index (χ1) is 9.93. The zero-order valence-corrected chi connectivity index (χ0v) is 11.5. The summed E-state index contributed by atoms with van der Waals surface area (Å²) in [6.45, 7) is -0.0656. The van der Waals surface area contributed by atoms with Crippen LogP contribution in [0.15, 0.2) is 24.3 Å². The number of aliphatic carboxylic acids is 1. The van der Waals surface area contributed by atoms with E-state index in [0.29, 0.717) is 11.3 Å². The highest BCUT2D eigenvalue weighted by Gasteiger charge is 2.16. The Labute approximate surface area is 121 Å². The Hall–Kier alpha value is -2.61. The Morgan fingerprint density at radius 2 is 1.90 bits per heavy atom. The molecule has 1 rings (SSSR count). The van der Waals surface area contributed by atoms with Crippen molar-refractivity contribution in [3.05, 3.63) is 29.8 Å². The molecular formula is C13H17N3O5. The lowest BCUT2D eigenvalue weighted by Crippen LogP contribution is -2.40. The number of nitrogens with two attached hydrogens (primary N) is 1. The molecule has 1 aromatic carbocycles. The molecule has 114 valence electrons. The van der Waals surface area contributed by atoms with Gasteiger partial charge >= 0.3 is 12.0 Å². The minimum atomic E-state index is -1.12. The van der Waals surface area contributed by atoms with Gasteiger partial charge in [-0.2, -0.15) is 0 Å². The van der Waals surface area contributed by atoms with Crippen molar-refractivity contribution in [1.82, 2.24) is 4.90 Å². The van der Waals surface area contributed by atoms with Crippen LogP contribution in [-0.2, 0) is 9.53 Å². The highest BCUT2D eigenvalue weighted by Crippen LogP contribution is 2.10. The van der Waals surface area contributed by atoms with E-state index in [2.05, 4.69) is 5.32 Å². The normalized spacial score (nSPS) is 9.95. The number of benzene rings is 1. The number of amides is 3. The smallest absolute Gasteiger partial charge is 0.323 e. The number of rotatable bonds is 7. The fourth-order valence-corrected chi connectivity index (χ4v) is 1.54. The number of carbonyl (C=O) groups is 3. The van der Waals surface area contributed by atoms with Gasteiger partial charge in [0.15, 0.2) is 0 Å². The summed E-state index contributed by atoms with van der Waals surface area (Å²) in [6, 6.07) is 5.38. The molecule has 0 aromatic heterocycles. The number of nitrogens with one attached hydrogen (secondary N) is 1. The van der Waals surface area contributed by atoms with E-state index in [-0.39, 0.29) is 13.2 Å². The topological polar surface area (TPSA) is 122 Å². The summed E-state index contributed by atoms with van der Waals surface area (Å²) in [6.07, 6.45) is 0. The second-order valence-electron chi connectivity index (χ2n) is 4.18. The lowest BCUT2D eigenvalue weighted by Gasteiger charge is -2.20. The minimum absolute atomic E-state index is 0.147. The average molecular weight is 295 g/mol. The van der Waals surface area contributed by atoms with E-state index in [0.717, 1.165) is 4.90 Å². The number of urea groups is 1. The molecule has 0 radical (unpaired) electrons. The van der Waals surface area contributed by atoms with Gasteiger partial charge < -0.3 is 25.8 Å². The van der Waals surface area contributed by atoms with E-state index in [9.17, 15) is 14.4 Å². The van der Waals surface area contributed by atoms with Crippen molar-refractivity contribution in [3.63, 3.8) is 0 Å². The van der Waals surface area contributed by atoms with E-state index >= 15 is 0 Å². The van der Waals surface area contributed by atoms with Gasteiger partial charge in [0, 0.05) is 24.9 Å². The fourth-order valence-electron chi connectivity index (χ4n) is 1.54. The maximum atomic E-state index is 12.0. The van der Waals surface area contributed by atoms with Crippen LogP contribution in [0.1, 0.15) is 10.4 Å². The Bertz CT molecular complexity index is 515. The third-order valence-electron chi connectivity index (χ3n) is 2.60. The highest BCUT2D eigenvalue weighted by molar-refractivity contribution is 5.94. The number of carboxylic acid groups (broad SMARTS) is 1. The number of anilines is 1. The summed E-state index contributed by atoms with van der Waals surface area (Å²) in [5, 5.41) is 11.3. The Morgan fingerprint density at radius 1 is 1.29 bits per heavy atom. The molecule has 0 aliphatic carbocycles. The zero-order valence-electron chi connectivity index (χ0n) is 11.5. The number of hydrogen-bond donors (Lipinski definition) is 3. The lowest BCUT2D eigenvalue weighted by atomic mass is 10.2. The number of nitrogens with zero attached hydrogens (tertiary/aromatic N) is 1. The van der Waals surface area contributed by atoms with Gasteiger partial charge in [-0.3, -0.25) is 9.59 Å². The summed E-state index contributed by atoms with van der Waals surface area (Å²) in [5.74, 6) is -1.69. The molecule has 0 spiro atoms. The van der Waals surface area contributed by atoms with Crippen LogP contribution < -0.4 is 11.1 Å². The van der Waals surface area contributed by atoms with E-state index in [4.69, 9.17) is 15.6 Å². The quantitative estimate of drug-likeness (QED) is 0.670. The summed E-state index contributed by atoms with van der Waals surface area (Å²) in [5.41, 5.74) is 5.85. The SMILES string of the molecule is COCCN(CC(=O)O)C(=O)Nc1ccc(C(N)=O)cc1. The van der Waals surface area contributed by atoms with Crippen molar-refractivity contribution >= 4 is 23.6 Å². The molecular weight excluding hydrogens is 278 g/mol. The summed E-state index contributed by atoms with van der Waals surface area (Å²) < 4.78 is 4.83. The van der Waals surface area contributed by atoms with Gasteiger partial charge in [0.25, 0.3) is 0 Å². The Kier molecular flexibility index (Phi) is 6.15. The van der Waals surface area contributed by atoms with Crippen molar-refractivity contribution in [3.8, 4) is 0 Å². The van der Waals surface area contributed by atoms with Gasteiger partial charge in [0.2, 0.25) is 5.91 Å². The van der Waals surface area contributed by atoms with E-state index in [1.165, 1.54) is 31.4 Å². The molecule has 0 saturated heterocycles. The number of carboxylic acids is 1. The number of methoxy groups -OCH3 is 1. The third-order valence-corrected chi connectivity index (χ3v) is 2.60. The van der Waals surface area contributed by atoms with Crippen molar-refractivity contribution in [2.75, 3.05) is 32.1 Å². The number of carbonyl (C=O) groups excluding carboxylic acids is 2. The first-order valence-electron chi connectivity index (χ1n) is 6.10. The van der Waals surface area contributed by atoms with Crippen LogP contribution in [0.2, 0.25) is 0 Å². The first kappa shape index (κ1) is 16.4.